The molecule has 0 spiro atoms. The van der Waals surface area contributed by atoms with Gasteiger partial charge in [-0.15, -0.1) is 12.8 Å². The summed E-state index contributed by atoms with van der Waals surface area (Å²) in [5.74, 6) is 2.66. The van der Waals surface area contributed by atoms with E-state index in [1.54, 1.807) is 0 Å². The van der Waals surface area contributed by atoms with Gasteiger partial charge in [-0.1, -0.05) is 11.8 Å². The molecule has 26 heavy (non-hydrogen) atoms. The summed E-state index contributed by atoms with van der Waals surface area (Å²) >= 11 is 0. The van der Waals surface area contributed by atoms with Crippen LogP contribution in [-0.2, 0) is 0 Å². The van der Waals surface area contributed by atoms with Crippen LogP contribution in [0.4, 0.5) is 0 Å². The Kier molecular flexibility index (Phi) is 5.87. The van der Waals surface area contributed by atoms with Gasteiger partial charge in [-0.2, -0.15) is 0 Å². The number of carboxylic acids is 2. The van der Waals surface area contributed by atoms with Crippen molar-refractivity contribution in [1.82, 2.24) is 0 Å². The summed E-state index contributed by atoms with van der Waals surface area (Å²) in [4.78, 5) is 23.2. The summed E-state index contributed by atoms with van der Waals surface area (Å²) < 4.78 is 10.4. The molecule has 0 fully saturated rings. The maximum absolute atomic E-state index is 11.6. The van der Waals surface area contributed by atoms with Crippen molar-refractivity contribution in [3.63, 3.8) is 0 Å². The molecule has 2 aromatic rings. The van der Waals surface area contributed by atoms with Crippen LogP contribution in [0.5, 0.6) is 11.5 Å². The molecule has 0 heterocycles. The van der Waals surface area contributed by atoms with Crippen LogP contribution in [0.25, 0.3) is 11.1 Å². The van der Waals surface area contributed by atoms with E-state index in [0.29, 0.717) is 0 Å². The molecule has 0 aliphatic heterocycles. The lowest BCUT2D eigenvalue weighted by molar-refractivity contribution is 0.0684. The van der Waals surface area contributed by atoms with Crippen molar-refractivity contribution in [2.24, 2.45) is 0 Å². The second kappa shape index (κ2) is 8.27. The van der Waals surface area contributed by atoms with Crippen molar-refractivity contribution in [2.75, 3.05) is 13.2 Å². The van der Waals surface area contributed by atoms with Crippen molar-refractivity contribution in [3.8, 4) is 47.3 Å². The number of rotatable bonds is 7. The summed E-state index contributed by atoms with van der Waals surface area (Å²) in [6, 6.07) is 8.58. The Hall–Kier alpha value is -3.90. The van der Waals surface area contributed by atoms with Crippen LogP contribution in [0.3, 0.4) is 0 Å². The first kappa shape index (κ1) is 18.4. The Bertz CT molecular complexity index is 853. The molecule has 2 rings (SSSR count). The number of terminal acetylenes is 2. The molecule has 6 nitrogen and oxygen atoms in total. The van der Waals surface area contributed by atoms with Gasteiger partial charge in [0, 0.05) is 0 Å². The van der Waals surface area contributed by atoms with Gasteiger partial charge in [0.15, 0.2) is 0 Å². The number of carbonyl (C=O) groups is 2. The number of benzene rings is 2. The molecule has 2 aromatic carbocycles. The zero-order valence-corrected chi connectivity index (χ0v) is 13.6. The molecule has 0 aliphatic carbocycles. The molecule has 0 aromatic heterocycles. The zero-order valence-electron chi connectivity index (χ0n) is 13.6. The van der Waals surface area contributed by atoms with E-state index in [9.17, 15) is 19.8 Å². The van der Waals surface area contributed by atoms with Gasteiger partial charge >= 0.3 is 11.9 Å². The molecule has 6 heteroatoms. The van der Waals surface area contributed by atoms with Crippen LogP contribution in [0.1, 0.15) is 20.7 Å². The predicted molar refractivity (Wildman–Crippen MR) is 94.5 cm³/mol. The summed E-state index contributed by atoms with van der Waals surface area (Å²) in [5.41, 5.74) is 0.233. The van der Waals surface area contributed by atoms with E-state index in [1.807, 2.05) is 0 Å². The largest absolute Gasteiger partial charge is 0.481 e. The maximum atomic E-state index is 11.6. The molecule has 0 saturated carbocycles. The molecule has 0 unspecified atom stereocenters. The smallest absolute Gasteiger partial charge is 0.336 e. The van der Waals surface area contributed by atoms with Crippen LogP contribution >= 0.6 is 0 Å². The van der Waals surface area contributed by atoms with E-state index in [1.165, 1.54) is 36.4 Å². The summed E-state index contributed by atoms with van der Waals surface area (Å²) in [7, 11) is 0. The van der Waals surface area contributed by atoms with Gasteiger partial charge in [0.1, 0.15) is 24.7 Å². The molecular weight excluding hydrogens is 336 g/mol. The second-order valence-electron chi connectivity index (χ2n) is 5.01. The minimum atomic E-state index is -1.23. The SMILES string of the molecule is C#CCOc1ccc(-c2ccc(OCC#C)cc2C(=O)O)c(C(=O)O)c1. The highest BCUT2D eigenvalue weighted by Gasteiger charge is 2.19. The van der Waals surface area contributed by atoms with E-state index in [0.717, 1.165) is 0 Å². The Balaban J connectivity index is 2.56. The van der Waals surface area contributed by atoms with Gasteiger partial charge in [-0.3, -0.25) is 0 Å². The standard InChI is InChI=1S/C20H14O6/c1-3-9-25-13-5-7-15(17(11-13)19(21)22)16-8-6-14(26-10-4-2)12-18(16)20(23)24/h1-2,5-8,11-12H,9-10H2,(H,21,22)(H,23,24). The molecule has 0 saturated heterocycles. The maximum Gasteiger partial charge on any atom is 0.336 e. The quantitative estimate of drug-likeness (QED) is 0.746. The number of ether oxygens (including phenoxy) is 2. The van der Waals surface area contributed by atoms with Crippen molar-refractivity contribution >= 4 is 11.9 Å². The molecule has 0 atom stereocenters. The van der Waals surface area contributed by atoms with Crippen LogP contribution in [-0.4, -0.2) is 35.4 Å². The number of aromatic carboxylic acids is 2. The second-order valence-corrected chi connectivity index (χ2v) is 5.01. The number of carboxylic acid groups (broad SMARTS) is 2. The average Bonchev–Trinajstić information content (AvgIpc) is 2.64. The third kappa shape index (κ3) is 4.14. The fourth-order valence-electron chi connectivity index (χ4n) is 2.30. The van der Waals surface area contributed by atoms with E-state index in [2.05, 4.69) is 11.8 Å². The minimum Gasteiger partial charge on any atom is -0.481 e. The van der Waals surface area contributed by atoms with Gasteiger partial charge in [0.25, 0.3) is 0 Å². The number of hydrogen-bond donors (Lipinski definition) is 2. The topological polar surface area (TPSA) is 93.1 Å². The average molecular weight is 350 g/mol. The fraction of sp³-hybridized carbons (Fsp3) is 0.100. The summed E-state index contributed by atoms with van der Waals surface area (Å²) in [5, 5.41) is 19.0. The van der Waals surface area contributed by atoms with E-state index in [-0.39, 0.29) is 47.0 Å². The highest BCUT2D eigenvalue weighted by atomic mass is 16.5. The molecule has 0 aliphatic rings. The number of hydrogen-bond acceptors (Lipinski definition) is 4. The van der Waals surface area contributed by atoms with Gasteiger partial charge in [0.2, 0.25) is 0 Å². The van der Waals surface area contributed by atoms with Crippen LogP contribution in [0.2, 0.25) is 0 Å². The van der Waals surface area contributed by atoms with E-state index >= 15 is 0 Å². The molecule has 0 radical (unpaired) electrons. The highest BCUT2D eigenvalue weighted by Crippen LogP contribution is 2.32. The zero-order chi connectivity index (χ0) is 19.1. The normalized spacial score (nSPS) is 9.62. The van der Waals surface area contributed by atoms with Crippen LogP contribution in [0, 0.1) is 24.7 Å². The first-order valence-electron chi connectivity index (χ1n) is 7.35. The first-order valence-corrected chi connectivity index (χ1v) is 7.35. The molecule has 2 N–H and O–H groups in total. The highest BCUT2D eigenvalue weighted by molar-refractivity contribution is 6.02. The lowest BCUT2D eigenvalue weighted by atomic mass is 9.95. The van der Waals surface area contributed by atoms with E-state index < -0.39 is 11.9 Å². The molecular formula is C20H14O6. The van der Waals surface area contributed by atoms with Crippen LogP contribution < -0.4 is 9.47 Å². The fourth-order valence-corrected chi connectivity index (χ4v) is 2.30. The Morgan fingerprint density at radius 1 is 0.808 bits per heavy atom. The lowest BCUT2D eigenvalue weighted by Crippen LogP contribution is -2.06. The molecule has 0 bridgehead atoms. The van der Waals surface area contributed by atoms with Crippen molar-refractivity contribution in [3.05, 3.63) is 47.5 Å². The third-order valence-electron chi connectivity index (χ3n) is 3.38. The monoisotopic (exact) mass is 350 g/mol. The van der Waals surface area contributed by atoms with Crippen molar-refractivity contribution < 1.29 is 29.3 Å². The molecule has 130 valence electrons. The lowest BCUT2D eigenvalue weighted by Gasteiger charge is -2.13. The van der Waals surface area contributed by atoms with Gasteiger partial charge in [-0.25, -0.2) is 9.59 Å². The predicted octanol–water partition coefficient (Wildman–Crippen LogP) is 2.77. The van der Waals surface area contributed by atoms with Crippen molar-refractivity contribution in [1.29, 1.82) is 0 Å². The Morgan fingerprint density at radius 2 is 1.19 bits per heavy atom. The summed E-state index contributed by atoms with van der Waals surface area (Å²) in [6.07, 6.45) is 10.2. The van der Waals surface area contributed by atoms with Gasteiger partial charge in [0.05, 0.1) is 11.1 Å². The Morgan fingerprint density at radius 3 is 1.50 bits per heavy atom. The van der Waals surface area contributed by atoms with Crippen molar-refractivity contribution in [2.45, 2.75) is 0 Å². The van der Waals surface area contributed by atoms with Gasteiger partial charge in [-0.05, 0) is 47.5 Å². The van der Waals surface area contributed by atoms with Crippen LogP contribution in [0.15, 0.2) is 36.4 Å². The van der Waals surface area contributed by atoms with E-state index in [4.69, 9.17) is 22.3 Å². The first-order chi connectivity index (χ1) is 12.5. The minimum absolute atomic E-state index is 0.0139. The third-order valence-corrected chi connectivity index (χ3v) is 3.38. The van der Waals surface area contributed by atoms with Gasteiger partial charge < -0.3 is 19.7 Å². The summed E-state index contributed by atoms with van der Waals surface area (Å²) in [6.45, 7) is -0.0278. The molecule has 0 amide bonds. The Labute approximate surface area is 150 Å².